The highest BCUT2D eigenvalue weighted by molar-refractivity contribution is 7.15. The molecule has 36 heavy (non-hydrogen) atoms. The molecular formula is C25H20N6O3S2. The zero-order valence-corrected chi connectivity index (χ0v) is 20.9. The Morgan fingerprint density at radius 1 is 1.06 bits per heavy atom. The number of hydrogen-bond acceptors (Lipinski definition) is 9. The largest absolute Gasteiger partial charge is 0.481 e. The lowest BCUT2D eigenvalue weighted by Gasteiger charge is -2.06. The molecule has 1 atom stereocenters. The molecule has 1 aliphatic rings. The summed E-state index contributed by atoms with van der Waals surface area (Å²) in [5.74, 6) is -2.14. The van der Waals surface area contributed by atoms with Crippen molar-refractivity contribution in [1.29, 1.82) is 0 Å². The second-order valence-electron chi connectivity index (χ2n) is 7.91. The fourth-order valence-electron chi connectivity index (χ4n) is 3.60. The molecule has 2 aromatic heterocycles. The molecular weight excluding hydrogens is 496 g/mol. The molecule has 0 saturated heterocycles. The van der Waals surface area contributed by atoms with Crippen molar-refractivity contribution in [3.63, 3.8) is 0 Å². The molecule has 0 aliphatic carbocycles. The maximum Gasteiger partial charge on any atom is 0.312 e. The van der Waals surface area contributed by atoms with Crippen molar-refractivity contribution in [2.45, 2.75) is 19.8 Å². The van der Waals surface area contributed by atoms with Crippen molar-refractivity contribution in [1.82, 2.24) is 9.97 Å². The Balaban J connectivity index is 1.47. The number of carbonyl (C=O) groups is 2. The van der Waals surface area contributed by atoms with Gasteiger partial charge < -0.3 is 5.11 Å². The number of aryl methyl sites for hydroxylation is 1. The van der Waals surface area contributed by atoms with Crippen molar-refractivity contribution in [3.8, 4) is 11.3 Å². The summed E-state index contributed by atoms with van der Waals surface area (Å²) in [5, 5.41) is 22.2. The highest BCUT2D eigenvalue weighted by atomic mass is 32.1. The summed E-state index contributed by atoms with van der Waals surface area (Å²) >= 11 is 2.59. The topological polar surface area (TPSA) is 120 Å². The molecule has 2 N–H and O–H groups in total. The molecule has 0 radical (unpaired) electrons. The molecule has 0 fully saturated rings. The number of benzene rings is 2. The van der Waals surface area contributed by atoms with Gasteiger partial charge in [0.15, 0.2) is 5.71 Å². The molecule has 0 bridgehead atoms. The normalized spacial score (nSPS) is 15.3. The van der Waals surface area contributed by atoms with Crippen LogP contribution >= 0.6 is 22.7 Å². The SMILES string of the molecule is Cc1sc(N/N=C2\C(=O)N(c3nc(-c4ccccc4)cs3)N=C2c2ccccc2)nc1C(C)C(=O)O. The van der Waals surface area contributed by atoms with E-state index in [2.05, 4.69) is 25.6 Å². The van der Waals surface area contributed by atoms with Crippen LogP contribution in [0.15, 0.2) is 76.2 Å². The lowest BCUT2D eigenvalue weighted by molar-refractivity contribution is -0.138. The lowest BCUT2D eigenvalue weighted by atomic mass is 10.1. The molecule has 1 unspecified atom stereocenters. The van der Waals surface area contributed by atoms with Gasteiger partial charge in [-0.3, -0.25) is 15.0 Å². The zero-order chi connectivity index (χ0) is 25.2. The first-order valence-corrected chi connectivity index (χ1v) is 12.7. The summed E-state index contributed by atoms with van der Waals surface area (Å²) in [6.07, 6.45) is 0. The quantitative estimate of drug-likeness (QED) is 0.334. The fraction of sp³-hybridized carbons (Fsp3) is 0.120. The van der Waals surface area contributed by atoms with Crippen molar-refractivity contribution in [3.05, 3.63) is 82.2 Å². The minimum atomic E-state index is -0.959. The standard InChI is InChI=1S/C25H20N6O3S2/c1-14(23(33)34)19-15(2)36-24(27-19)29-28-21-20(17-11-7-4-8-12-17)30-31(22(21)32)25-26-18(13-35-25)16-9-5-3-6-10-16/h3-14H,1-2H3,(H,27,29)(H,33,34)/b28-21-. The molecule has 3 heterocycles. The average molecular weight is 517 g/mol. The van der Waals surface area contributed by atoms with Crippen LogP contribution < -0.4 is 10.4 Å². The van der Waals surface area contributed by atoms with Crippen LogP contribution in [0.1, 0.15) is 29.0 Å². The van der Waals surface area contributed by atoms with Crippen molar-refractivity contribution < 1.29 is 14.7 Å². The number of thiazole rings is 2. The van der Waals surface area contributed by atoms with Crippen LogP contribution in [0, 0.1) is 6.92 Å². The van der Waals surface area contributed by atoms with E-state index in [0.717, 1.165) is 21.7 Å². The third kappa shape index (κ3) is 4.53. The van der Waals surface area contributed by atoms with E-state index >= 15 is 0 Å². The van der Waals surface area contributed by atoms with Crippen molar-refractivity contribution >= 4 is 56.2 Å². The van der Waals surface area contributed by atoms with Crippen molar-refractivity contribution in [2.24, 2.45) is 10.2 Å². The minimum Gasteiger partial charge on any atom is -0.481 e. The van der Waals surface area contributed by atoms with Gasteiger partial charge in [0.05, 0.1) is 17.3 Å². The number of nitrogens with zero attached hydrogens (tertiary/aromatic N) is 5. The first kappa shape index (κ1) is 23.5. The predicted molar refractivity (Wildman–Crippen MR) is 142 cm³/mol. The Morgan fingerprint density at radius 2 is 1.72 bits per heavy atom. The number of aliphatic carboxylic acids is 1. The van der Waals surface area contributed by atoms with Crippen LogP contribution in [0.5, 0.6) is 0 Å². The number of amides is 1. The number of hydrazone groups is 2. The number of carbonyl (C=O) groups excluding carboxylic acids is 1. The van der Waals surface area contributed by atoms with E-state index in [4.69, 9.17) is 0 Å². The number of rotatable bonds is 7. The van der Waals surface area contributed by atoms with Crippen LogP contribution in [0.25, 0.3) is 11.3 Å². The summed E-state index contributed by atoms with van der Waals surface area (Å²) < 4.78 is 0. The smallest absolute Gasteiger partial charge is 0.312 e. The van der Waals surface area contributed by atoms with Crippen LogP contribution in [0.2, 0.25) is 0 Å². The second-order valence-corrected chi connectivity index (χ2v) is 9.95. The molecule has 0 spiro atoms. The highest BCUT2D eigenvalue weighted by Gasteiger charge is 2.36. The second kappa shape index (κ2) is 9.80. The Kier molecular flexibility index (Phi) is 6.40. The van der Waals surface area contributed by atoms with Crippen LogP contribution in [0.3, 0.4) is 0 Å². The van der Waals surface area contributed by atoms with Gasteiger partial charge in [0.25, 0.3) is 0 Å². The van der Waals surface area contributed by atoms with Gasteiger partial charge in [-0.15, -0.1) is 22.7 Å². The van der Waals surface area contributed by atoms with E-state index in [1.54, 1.807) is 13.8 Å². The van der Waals surface area contributed by atoms with Crippen LogP contribution in [-0.2, 0) is 9.59 Å². The van der Waals surface area contributed by atoms with E-state index in [9.17, 15) is 14.7 Å². The van der Waals surface area contributed by atoms with Crippen LogP contribution in [0.4, 0.5) is 10.3 Å². The predicted octanol–water partition coefficient (Wildman–Crippen LogP) is 4.98. The Hall–Kier alpha value is -4.22. The van der Waals surface area contributed by atoms with Gasteiger partial charge in [-0.05, 0) is 13.8 Å². The monoisotopic (exact) mass is 516 g/mol. The maximum absolute atomic E-state index is 13.4. The van der Waals surface area contributed by atoms with E-state index in [1.807, 2.05) is 66.0 Å². The lowest BCUT2D eigenvalue weighted by Crippen LogP contribution is -2.28. The Labute approximate surface area is 214 Å². The number of hydrogen-bond donors (Lipinski definition) is 2. The molecule has 11 heteroatoms. The van der Waals surface area contributed by atoms with Gasteiger partial charge in [0, 0.05) is 21.4 Å². The molecule has 9 nitrogen and oxygen atoms in total. The number of carboxylic acid groups (broad SMARTS) is 1. The zero-order valence-electron chi connectivity index (χ0n) is 19.2. The van der Waals surface area contributed by atoms with Gasteiger partial charge in [-0.1, -0.05) is 60.7 Å². The summed E-state index contributed by atoms with van der Waals surface area (Å²) in [4.78, 5) is 34.6. The molecule has 1 aliphatic heterocycles. The Bertz CT molecular complexity index is 1490. The maximum atomic E-state index is 13.4. The molecule has 2 aromatic carbocycles. The third-order valence-corrected chi connectivity index (χ3v) is 7.19. The summed E-state index contributed by atoms with van der Waals surface area (Å²) in [7, 11) is 0. The summed E-state index contributed by atoms with van der Waals surface area (Å²) in [6, 6.07) is 19.0. The van der Waals surface area contributed by atoms with Gasteiger partial charge in [-0.25, -0.2) is 9.97 Å². The van der Waals surface area contributed by atoms with E-state index in [-0.39, 0.29) is 5.71 Å². The Morgan fingerprint density at radius 3 is 2.39 bits per heavy atom. The van der Waals surface area contributed by atoms with E-state index in [1.165, 1.54) is 27.7 Å². The molecule has 180 valence electrons. The van der Waals surface area contributed by atoms with Gasteiger partial charge >= 0.3 is 11.9 Å². The number of aromatic nitrogens is 2. The molecule has 5 rings (SSSR count). The first-order chi connectivity index (χ1) is 17.4. The summed E-state index contributed by atoms with van der Waals surface area (Å²) in [5.41, 5.74) is 6.22. The molecule has 1 amide bonds. The van der Waals surface area contributed by atoms with Gasteiger partial charge in [-0.2, -0.15) is 15.2 Å². The van der Waals surface area contributed by atoms with Gasteiger partial charge in [0.2, 0.25) is 10.3 Å². The number of carboxylic acids is 1. The number of nitrogens with one attached hydrogen (secondary N) is 1. The summed E-state index contributed by atoms with van der Waals surface area (Å²) in [6.45, 7) is 3.38. The number of anilines is 2. The van der Waals surface area contributed by atoms with E-state index < -0.39 is 17.8 Å². The fourth-order valence-corrected chi connectivity index (χ4v) is 5.23. The van der Waals surface area contributed by atoms with Crippen molar-refractivity contribution in [2.75, 3.05) is 10.4 Å². The van der Waals surface area contributed by atoms with Gasteiger partial charge in [0.1, 0.15) is 5.71 Å². The highest BCUT2D eigenvalue weighted by Crippen LogP contribution is 2.31. The van der Waals surface area contributed by atoms with Crippen LogP contribution in [-0.4, -0.2) is 38.4 Å². The third-order valence-electron chi connectivity index (χ3n) is 5.49. The molecule has 4 aromatic rings. The van der Waals surface area contributed by atoms with E-state index in [0.29, 0.717) is 21.7 Å². The molecule has 0 saturated carbocycles. The average Bonchev–Trinajstić information content (AvgIpc) is 3.60. The first-order valence-electron chi connectivity index (χ1n) is 11.0. The minimum absolute atomic E-state index is 0.110.